The molecule has 2 N–H and O–H groups in total. The molecule has 3 heteroatoms. The quantitative estimate of drug-likeness (QED) is 0.644. The van der Waals surface area contributed by atoms with E-state index >= 15 is 0 Å². The minimum Gasteiger partial charge on any atom is -0.400 e. The highest BCUT2D eigenvalue weighted by atomic mass is 16.5. The molecule has 0 amide bonds. The summed E-state index contributed by atoms with van der Waals surface area (Å²) in [5.41, 5.74) is 0. The number of rotatable bonds is 2. The molecule has 0 bridgehead atoms. The molecule has 72 valence electrons. The lowest BCUT2D eigenvalue weighted by Crippen LogP contribution is -1.85. The lowest BCUT2D eigenvalue weighted by Gasteiger charge is -1.86. The predicted octanol–water partition coefficient (Wildman–Crippen LogP) is 1.04. The highest BCUT2D eigenvalue weighted by Gasteiger charge is 1.69. The van der Waals surface area contributed by atoms with E-state index in [9.17, 15) is 0 Å². The largest absolute Gasteiger partial charge is 0.400 e. The van der Waals surface area contributed by atoms with Crippen molar-refractivity contribution in [1.82, 2.24) is 0 Å². The molecule has 3 nitrogen and oxygen atoms in total. The molecule has 0 radical (unpaired) electrons. The van der Waals surface area contributed by atoms with Crippen LogP contribution in [0.3, 0.4) is 0 Å². The van der Waals surface area contributed by atoms with E-state index < -0.39 is 0 Å². The average Bonchev–Trinajstić information content (AvgIpc) is 1.93. The summed E-state index contributed by atoms with van der Waals surface area (Å²) >= 11 is 0. The number of aliphatic hydroxyl groups is 2. The van der Waals surface area contributed by atoms with E-state index in [0.717, 1.165) is 20.3 Å². The Morgan fingerprint density at radius 3 is 1.27 bits per heavy atom. The van der Waals surface area contributed by atoms with Crippen LogP contribution in [0.4, 0.5) is 0 Å². The minimum atomic E-state index is -0.167. The number of hydrogen-bond acceptors (Lipinski definition) is 3. The Labute approximate surface area is 70.0 Å². The molecule has 0 aromatic heterocycles. The summed E-state index contributed by atoms with van der Waals surface area (Å²) in [6.45, 7) is 9.11. The van der Waals surface area contributed by atoms with Crippen molar-refractivity contribution in [2.45, 2.75) is 33.8 Å². The lowest BCUT2D eigenvalue weighted by molar-refractivity contribution is 0.162. The van der Waals surface area contributed by atoms with Crippen LogP contribution in [0, 0.1) is 0 Å². The first-order chi connectivity index (χ1) is 5.15. The maximum Gasteiger partial charge on any atom is 0.0483 e. The molecule has 0 aliphatic rings. The molecule has 0 atom stereocenters. The highest BCUT2D eigenvalue weighted by molar-refractivity contribution is 4.20. The second kappa shape index (κ2) is 22.5. The Morgan fingerprint density at radius 1 is 1.09 bits per heavy atom. The molecule has 0 aromatic rings. The summed E-state index contributed by atoms with van der Waals surface area (Å²) < 4.78 is 4.83. The van der Waals surface area contributed by atoms with Gasteiger partial charge in [-0.2, -0.15) is 0 Å². The summed E-state index contributed by atoms with van der Waals surface area (Å²) in [5, 5.41) is 15.1. The first-order valence-corrected chi connectivity index (χ1v) is 3.85. The Bertz CT molecular complexity index is 33.6. The predicted molar refractivity (Wildman–Crippen MR) is 47.7 cm³/mol. The van der Waals surface area contributed by atoms with Gasteiger partial charge in [-0.3, -0.25) is 0 Å². The molecule has 0 heterocycles. The second-order valence-electron chi connectivity index (χ2n) is 1.88. The summed E-state index contributed by atoms with van der Waals surface area (Å²) in [5.74, 6) is 0. The minimum absolute atomic E-state index is 0.167. The van der Waals surface area contributed by atoms with Crippen LogP contribution in [-0.2, 0) is 4.74 Å². The normalized spacial score (nSPS) is 7.64. The van der Waals surface area contributed by atoms with Crippen LogP contribution in [0.2, 0.25) is 0 Å². The first kappa shape index (κ1) is 17.1. The zero-order chi connectivity index (χ0) is 9.70. The summed E-state index contributed by atoms with van der Waals surface area (Å²) in [4.78, 5) is 0. The average molecular weight is 166 g/mol. The standard InChI is InChI=1S/C4H10O.C3H8O.CH4O/c1-3-5-4-2;1-3(2)4;1-2/h3-4H2,1-2H3;3-4H,1-2H3;2H,1H3. The van der Waals surface area contributed by atoms with Crippen LogP contribution in [0.15, 0.2) is 0 Å². The molecule has 0 saturated carbocycles. The van der Waals surface area contributed by atoms with Crippen molar-refractivity contribution < 1.29 is 14.9 Å². The number of hydrogen-bond donors (Lipinski definition) is 2. The Morgan fingerprint density at radius 2 is 1.27 bits per heavy atom. The van der Waals surface area contributed by atoms with Gasteiger partial charge in [0.2, 0.25) is 0 Å². The highest BCUT2D eigenvalue weighted by Crippen LogP contribution is 1.65. The van der Waals surface area contributed by atoms with Gasteiger partial charge in [-0.05, 0) is 27.7 Å². The van der Waals surface area contributed by atoms with Gasteiger partial charge in [-0.25, -0.2) is 0 Å². The van der Waals surface area contributed by atoms with Gasteiger partial charge in [0.05, 0.1) is 0 Å². The van der Waals surface area contributed by atoms with Gasteiger partial charge in [0.1, 0.15) is 0 Å². The van der Waals surface area contributed by atoms with E-state index in [0.29, 0.717) is 0 Å². The fourth-order valence-electron chi connectivity index (χ4n) is 0.204. The molecular weight excluding hydrogens is 144 g/mol. The molecule has 0 aliphatic heterocycles. The van der Waals surface area contributed by atoms with Crippen LogP contribution in [0.25, 0.3) is 0 Å². The fourth-order valence-corrected chi connectivity index (χ4v) is 0.204. The molecule has 0 aliphatic carbocycles. The molecular formula is C8H22O3. The molecule has 0 spiro atoms. The zero-order valence-electron chi connectivity index (χ0n) is 8.29. The molecule has 0 unspecified atom stereocenters. The van der Waals surface area contributed by atoms with Crippen LogP contribution < -0.4 is 0 Å². The maximum absolute atomic E-state index is 8.06. The SMILES string of the molecule is CC(C)O.CCOCC.CO. The van der Waals surface area contributed by atoms with Crippen molar-refractivity contribution in [2.24, 2.45) is 0 Å². The van der Waals surface area contributed by atoms with E-state index in [1.165, 1.54) is 0 Å². The van der Waals surface area contributed by atoms with Crippen molar-refractivity contribution in [3.8, 4) is 0 Å². The van der Waals surface area contributed by atoms with Crippen LogP contribution in [-0.4, -0.2) is 36.6 Å². The summed E-state index contributed by atoms with van der Waals surface area (Å²) in [6.07, 6.45) is -0.167. The van der Waals surface area contributed by atoms with Gasteiger partial charge in [0.15, 0.2) is 0 Å². The topological polar surface area (TPSA) is 49.7 Å². The maximum atomic E-state index is 8.06. The Hall–Kier alpha value is -0.120. The van der Waals surface area contributed by atoms with E-state index in [-0.39, 0.29) is 6.10 Å². The van der Waals surface area contributed by atoms with Crippen molar-refractivity contribution in [3.05, 3.63) is 0 Å². The van der Waals surface area contributed by atoms with E-state index in [2.05, 4.69) is 0 Å². The molecule has 11 heavy (non-hydrogen) atoms. The van der Waals surface area contributed by atoms with E-state index in [1.54, 1.807) is 13.8 Å². The van der Waals surface area contributed by atoms with Gasteiger partial charge in [0, 0.05) is 26.4 Å². The summed E-state index contributed by atoms with van der Waals surface area (Å²) in [7, 11) is 1.00. The third kappa shape index (κ3) is 174. The molecule has 0 aromatic carbocycles. The van der Waals surface area contributed by atoms with Crippen molar-refractivity contribution >= 4 is 0 Å². The van der Waals surface area contributed by atoms with Crippen LogP contribution in [0.1, 0.15) is 27.7 Å². The Balaban J connectivity index is -0.0000000965. The summed E-state index contributed by atoms with van der Waals surface area (Å²) in [6, 6.07) is 0. The molecule has 0 rings (SSSR count). The monoisotopic (exact) mass is 166 g/mol. The Kier molecular flexibility index (Phi) is 35.0. The van der Waals surface area contributed by atoms with Gasteiger partial charge in [-0.1, -0.05) is 0 Å². The third-order valence-corrected chi connectivity index (χ3v) is 0.408. The van der Waals surface area contributed by atoms with Crippen LogP contribution in [0.5, 0.6) is 0 Å². The van der Waals surface area contributed by atoms with Crippen LogP contribution >= 0.6 is 0 Å². The van der Waals surface area contributed by atoms with Crippen molar-refractivity contribution in [2.75, 3.05) is 20.3 Å². The number of aliphatic hydroxyl groups excluding tert-OH is 2. The van der Waals surface area contributed by atoms with Gasteiger partial charge in [-0.15, -0.1) is 0 Å². The zero-order valence-corrected chi connectivity index (χ0v) is 8.29. The van der Waals surface area contributed by atoms with Gasteiger partial charge in [0.25, 0.3) is 0 Å². The van der Waals surface area contributed by atoms with Gasteiger partial charge >= 0.3 is 0 Å². The van der Waals surface area contributed by atoms with E-state index in [4.69, 9.17) is 14.9 Å². The fraction of sp³-hybridized carbons (Fsp3) is 1.00. The second-order valence-corrected chi connectivity index (χ2v) is 1.88. The molecule has 0 fully saturated rings. The van der Waals surface area contributed by atoms with Crippen molar-refractivity contribution in [1.29, 1.82) is 0 Å². The van der Waals surface area contributed by atoms with E-state index in [1.807, 2.05) is 13.8 Å². The van der Waals surface area contributed by atoms with Crippen molar-refractivity contribution in [3.63, 3.8) is 0 Å². The lowest BCUT2D eigenvalue weighted by atomic mass is 10.5. The molecule has 0 saturated heterocycles. The first-order valence-electron chi connectivity index (χ1n) is 3.85. The smallest absolute Gasteiger partial charge is 0.0483 e. The number of ether oxygens (including phenoxy) is 1. The van der Waals surface area contributed by atoms with Gasteiger partial charge < -0.3 is 14.9 Å². The third-order valence-electron chi connectivity index (χ3n) is 0.408.